The van der Waals surface area contributed by atoms with E-state index in [0.717, 1.165) is 17.0 Å². The van der Waals surface area contributed by atoms with E-state index in [-0.39, 0.29) is 5.91 Å². The lowest BCUT2D eigenvalue weighted by atomic mass is 10.2. The van der Waals surface area contributed by atoms with Crippen LogP contribution in [0.5, 0.6) is 0 Å². The van der Waals surface area contributed by atoms with Gasteiger partial charge < -0.3 is 5.32 Å². The number of nitrogens with one attached hydrogen (secondary N) is 2. The lowest BCUT2D eigenvalue weighted by Crippen LogP contribution is -2.24. The van der Waals surface area contributed by atoms with Crippen molar-refractivity contribution < 1.29 is 4.79 Å². The number of carbonyl (C=O) groups is 1. The van der Waals surface area contributed by atoms with Crippen LogP contribution in [0.1, 0.15) is 27.3 Å². The molecule has 88 valence electrons. The molecule has 2 aromatic rings. The minimum Gasteiger partial charge on any atom is -0.348 e. The van der Waals surface area contributed by atoms with Crippen LogP contribution in [0.4, 0.5) is 0 Å². The summed E-state index contributed by atoms with van der Waals surface area (Å²) in [5, 5.41) is 9.58. The minimum atomic E-state index is -0.115. The molecule has 0 spiro atoms. The smallest absolute Gasteiger partial charge is 0.253 e. The highest BCUT2D eigenvalue weighted by atomic mass is 16.1. The van der Waals surface area contributed by atoms with Gasteiger partial charge in [-0.1, -0.05) is 0 Å². The first-order valence-electron chi connectivity index (χ1n) is 5.37. The summed E-state index contributed by atoms with van der Waals surface area (Å²) in [7, 11) is 0. The van der Waals surface area contributed by atoms with E-state index in [1.165, 1.54) is 0 Å². The van der Waals surface area contributed by atoms with Crippen LogP contribution in [0, 0.1) is 13.8 Å². The van der Waals surface area contributed by atoms with E-state index in [2.05, 4.69) is 20.5 Å². The van der Waals surface area contributed by atoms with Crippen molar-refractivity contribution in [2.75, 3.05) is 0 Å². The van der Waals surface area contributed by atoms with Gasteiger partial charge in [0.05, 0.1) is 11.8 Å². The normalized spacial score (nSPS) is 10.2. The maximum atomic E-state index is 11.9. The molecule has 2 N–H and O–H groups in total. The minimum absolute atomic E-state index is 0.115. The van der Waals surface area contributed by atoms with Crippen LogP contribution in [0.2, 0.25) is 0 Å². The third-order valence-electron chi connectivity index (χ3n) is 2.63. The molecule has 0 atom stereocenters. The fraction of sp³-hybridized carbons (Fsp3) is 0.250. The van der Waals surface area contributed by atoms with Crippen LogP contribution in [0.15, 0.2) is 24.5 Å². The number of aromatic amines is 1. The SMILES string of the molecule is Cc1ncccc1C(=O)NCc1cn[nH]c1C. The zero-order valence-electron chi connectivity index (χ0n) is 9.82. The van der Waals surface area contributed by atoms with Crippen LogP contribution >= 0.6 is 0 Å². The highest BCUT2D eigenvalue weighted by molar-refractivity contribution is 5.95. The van der Waals surface area contributed by atoms with Gasteiger partial charge in [-0.2, -0.15) is 5.10 Å². The molecular weight excluding hydrogens is 216 g/mol. The molecule has 0 unspecified atom stereocenters. The number of aryl methyl sites for hydroxylation is 2. The van der Waals surface area contributed by atoms with E-state index < -0.39 is 0 Å². The Balaban J connectivity index is 2.04. The molecule has 0 saturated carbocycles. The predicted molar refractivity (Wildman–Crippen MR) is 63.5 cm³/mol. The Bertz CT molecular complexity index is 533. The van der Waals surface area contributed by atoms with E-state index in [9.17, 15) is 4.79 Å². The van der Waals surface area contributed by atoms with Crippen molar-refractivity contribution in [3.63, 3.8) is 0 Å². The van der Waals surface area contributed by atoms with E-state index in [1.54, 1.807) is 24.5 Å². The molecular formula is C12H14N4O. The zero-order valence-corrected chi connectivity index (χ0v) is 9.82. The van der Waals surface area contributed by atoms with E-state index in [4.69, 9.17) is 0 Å². The molecule has 0 fully saturated rings. The molecule has 2 rings (SSSR count). The van der Waals surface area contributed by atoms with Gasteiger partial charge in [0, 0.05) is 29.7 Å². The average Bonchev–Trinajstić information content (AvgIpc) is 2.72. The number of carbonyl (C=O) groups excluding carboxylic acids is 1. The van der Waals surface area contributed by atoms with E-state index in [1.807, 2.05) is 13.8 Å². The predicted octanol–water partition coefficient (Wildman–Crippen LogP) is 1.35. The summed E-state index contributed by atoms with van der Waals surface area (Å²) in [6, 6.07) is 3.52. The maximum absolute atomic E-state index is 11.9. The molecule has 0 bridgehead atoms. The molecule has 0 aliphatic rings. The number of hydrogen-bond donors (Lipinski definition) is 2. The quantitative estimate of drug-likeness (QED) is 0.836. The summed E-state index contributed by atoms with van der Waals surface area (Å²) in [6.45, 7) is 4.21. The Hall–Kier alpha value is -2.17. The van der Waals surface area contributed by atoms with E-state index >= 15 is 0 Å². The molecule has 0 aliphatic carbocycles. The third-order valence-corrected chi connectivity index (χ3v) is 2.63. The number of nitrogens with zero attached hydrogens (tertiary/aromatic N) is 2. The largest absolute Gasteiger partial charge is 0.348 e. The van der Waals surface area contributed by atoms with E-state index in [0.29, 0.717) is 12.1 Å². The number of aromatic nitrogens is 3. The zero-order chi connectivity index (χ0) is 12.3. The summed E-state index contributed by atoms with van der Waals surface area (Å²) in [6.07, 6.45) is 3.39. The van der Waals surface area contributed by atoms with Crippen molar-refractivity contribution in [2.24, 2.45) is 0 Å². The van der Waals surface area contributed by atoms with Crippen molar-refractivity contribution in [1.29, 1.82) is 0 Å². The van der Waals surface area contributed by atoms with Gasteiger partial charge in [-0.25, -0.2) is 0 Å². The Kier molecular flexibility index (Phi) is 3.18. The van der Waals surface area contributed by atoms with Crippen molar-refractivity contribution in [3.05, 3.63) is 47.0 Å². The maximum Gasteiger partial charge on any atom is 0.253 e. The molecule has 2 heterocycles. The summed E-state index contributed by atoms with van der Waals surface area (Å²) >= 11 is 0. The number of pyridine rings is 1. The summed E-state index contributed by atoms with van der Waals surface area (Å²) in [5.41, 5.74) is 3.29. The van der Waals surface area contributed by atoms with Crippen LogP contribution in [0.25, 0.3) is 0 Å². The fourth-order valence-electron chi connectivity index (χ4n) is 1.55. The van der Waals surface area contributed by atoms with Gasteiger partial charge >= 0.3 is 0 Å². The highest BCUT2D eigenvalue weighted by Gasteiger charge is 2.09. The molecule has 1 amide bonds. The van der Waals surface area contributed by atoms with Crippen molar-refractivity contribution in [3.8, 4) is 0 Å². The molecule has 17 heavy (non-hydrogen) atoms. The van der Waals surface area contributed by atoms with Gasteiger partial charge in [-0.05, 0) is 26.0 Å². The third kappa shape index (κ3) is 2.50. The van der Waals surface area contributed by atoms with Gasteiger partial charge in [-0.3, -0.25) is 14.9 Å². The summed E-state index contributed by atoms with van der Waals surface area (Å²) < 4.78 is 0. The molecule has 0 saturated heterocycles. The molecule has 0 radical (unpaired) electrons. The first kappa shape index (κ1) is 11.3. The molecule has 5 nitrogen and oxygen atoms in total. The molecule has 0 aromatic carbocycles. The average molecular weight is 230 g/mol. The van der Waals surface area contributed by atoms with Crippen LogP contribution < -0.4 is 5.32 Å². The van der Waals surface area contributed by atoms with Crippen molar-refractivity contribution >= 4 is 5.91 Å². The molecule has 0 aliphatic heterocycles. The standard InChI is InChI=1S/C12H14N4O/c1-8-10(7-15-16-8)6-14-12(17)11-4-3-5-13-9(11)2/h3-5,7H,6H2,1-2H3,(H,14,17)(H,15,16). The van der Waals surface area contributed by atoms with Gasteiger partial charge in [0.15, 0.2) is 0 Å². The van der Waals surface area contributed by atoms with Crippen molar-refractivity contribution in [1.82, 2.24) is 20.5 Å². The second kappa shape index (κ2) is 4.78. The summed E-state index contributed by atoms with van der Waals surface area (Å²) in [5.74, 6) is -0.115. The van der Waals surface area contributed by atoms with Gasteiger partial charge in [0.25, 0.3) is 5.91 Å². The number of hydrogen-bond acceptors (Lipinski definition) is 3. The lowest BCUT2D eigenvalue weighted by molar-refractivity contribution is 0.0950. The van der Waals surface area contributed by atoms with Crippen LogP contribution in [0.3, 0.4) is 0 Å². The fourth-order valence-corrected chi connectivity index (χ4v) is 1.55. The topological polar surface area (TPSA) is 70.7 Å². The Morgan fingerprint density at radius 1 is 1.47 bits per heavy atom. The Morgan fingerprint density at radius 2 is 2.29 bits per heavy atom. The Labute approximate surface area is 99.3 Å². The first-order valence-corrected chi connectivity index (χ1v) is 5.37. The van der Waals surface area contributed by atoms with Crippen molar-refractivity contribution in [2.45, 2.75) is 20.4 Å². The molecule has 5 heteroatoms. The lowest BCUT2D eigenvalue weighted by Gasteiger charge is -2.06. The number of rotatable bonds is 3. The monoisotopic (exact) mass is 230 g/mol. The molecule has 2 aromatic heterocycles. The highest BCUT2D eigenvalue weighted by Crippen LogP contribution is 2.05. The van der Waals surface area contributed by atoms with Gasteiger partial charge in [-0.15, -0.1) is 0 Å². The van der Waals surface area contributed by atoms with Gasteiger partial charge in [0.2, 0.25) is 0 Å². The summed E-state index contributed by atoms with van der Waals surface area (Å²) in [4.78, 5) is 16.0. The number of amides is 1. The van der Waals surface area contributed by atoms with Gasteiger partial charge in [0.1, 0.15) is 0 Å². The Morgan fingerprint density at radius 3 is 2.94 bits per heavy atom. The van der Waals surface area contributed by atoms with Crippen LogP contribution in [-0.2, 0) is 6.54 Å². The first-order chi connectivity index (χ1) is 8.18. The number of H-pyrrole nitrogens is 1. The second-order valence-electron chi connectivity index (χ2n) is 3.84. The second-order valence-corrected chi connectivity index (χ2v) is 3.84. The van der Waals surface area contributed by atoms with Crippen LogP contribution in [-0.4, -0.2) is 21.1 Å².